The number of hydrogen-bond acceptors (Lipinski definition) is 7. The predicted octanol–water partition coefficient (Wildman–Crippen LogP) is 2.81. The highest BCUT2D eigenvalue weighted by molar-refractivity contribution is 7.81. The Hall–Kier alpha value is -4.72. The zero-order chi connectivity index (χ0) is 30.8. The Morgan fingerprint density at radius 1 is 0.857 bits per heavy atom. The summed E-state index contributed by atoms with van der Waals surface area (Å²) in [5.41, 5.74) is 1.57. The standard InChI is InChI=1S/C28H34N8O5S/c1-27(2,3)21-15-22-32-33-26(36(22)34-21)28(4,5)31-25(39)16-9-8-10-19(12-16)35-42(40)41-20-13-17(23(37)29-6)11-18(14-20)24(38)30-7/h8-15,34-35H,1-7H3,(H,29,37)(H,30,38)(H,31,39). The number of nitrogens with one attached hydrogen (secondary N) is 5. The first-order chi connectivity index (χ1) is 19.7. The number of fused-ring (bicyclic) bond motifs is 1. The van der Waals surface area contributed by atoms with E-state index in [9.17, 15) is 18.6 Å². The molecule has 13 nitrogen and oxygen atoms in total. The van der Waals surface area contributed by atoms with E-state index in [0.717, 1.165) is 5.69 Å². The van der Waals surface area contributed by atoms with Crippen molar-refractivity contribution in [3.8, 4) is 5.75 Å². The molecular weight excluding hydrogens is 560 g/mol. The molecule has 3 amide bonds. The smallest absolute Gasteiger partial charge is 0.316 e. The first-order valence-corrected chi connectivity index (χ1v) is 14.1. The summed E-state index contributed by atoms with van der Waals surface area (Å²) in [5, 5.41) is 19.8. The quantitative estimate of drug-likeness (QED) is 0.198. The van der Waals surface area contributed by atoms with Gasteiger partial charge in [0.25, 0.3) is 17.7 Å². The molecule has 2 aromatic carbocycles. The average molecular weight is 595 g/mol. The summed E-state index contributed by atoms with van der Waals surface area (Å²) >= 11 is -2.13. The van der Waals surface area contributed by atoms with Crippen LogP contribution >= 0.6 is 0 Å². The Morgan fingerprint density at radius 2 is 1.50 bits per heavy atom. The number of nitrogens with zero attached hydrogens (tertiary/aromatic N) is 3. The summed E-state index contributed by atoms with van der Waals surface area (Å²) in [6.07, 6.45) is 0. The number of hydrogen-bond donors (Lipinski definition) is 5. The van der Waals surface area contributed by atoms with Crippen LogP contribution in [0.25, 0.3) is 5.65 Å². The van der Waals surface area contributed by atoms with Gasteiger partial charge in [-0.05, 0) is 50.2 Å². The topological polar surface area (TPSA) is 172 Å². The minimum atomic E-state index is -2.13. The van der Waals surface area contributed by atoms with Crippen LogP contribution in [-0.4, -0.2) is 55.8 Å². The summed E-state index contributed by atoms with van der Waals surface area (Å²) < 4.78 is 22.7. The molecule has 2 aromatic heterocycles. The van der Waals surface area contributed by atoms with Crippen LogP contribution in [0, 0.1) is 0 Å². The SMILES string of the molecule is CNC(=O)c1cc(OS(=O)Nc2cccc(C(=O)NC(C)(C)c3nnc4cc(C(C)(C)C)[nH]n34)c2)cc(C(=O)NC)c1. The molecule has 0 aliphatic rings. The highest BCUT2D eigenvalue weighted by Gasteiger charge is 2.31. The highest BCUT2D eigenvalue weighted by Crippen LogP contribution is 2.26. The van der Waals surface area contributed by atoms with Crippen molar-refractivity contribution in [2.75, 3.05) is 18.8 Å². The summed E-state index contributed by atoms with van der Waals surface area (Å²) in [6.45, 7) is 9.90. The van der Waals surface area contributed by atoms with Gasteiger partial charge in [0.2, 0.25) is 0 Å². The number of carbonyl (C=O) groups is 3. The fourth-order valence-corrected chi connectivity index (χ4v) is 4.74. The Bertz CT molecular complexity index is 1650. The fourth-order valence-electron chi connectivity index (χ4n) is 4.11. The van der Waals surface area contributed by atoms with Crippen molar-refractivity contribution < 1.29 is 22.8 Å². The van der Waals surface area contributed by atoms with E-state index < -0.39 is 28.6 Å². The molecule has 222 valence electrons. The summed E-state index contributed by atoms with van der Waals surface area (Å²) in [4.78, 5) is 37.6. The first kappa shape index (κ1) is 30.2. The fraction of sp³-hybridized carbons (Fsp3) is 0.321. The van der Waals surface area contributed by atoms with E-state index >= 15 is 0 Å². The second-order valence-corrected chi connectivity index (χ2v) is 12.0. The number of anilines is 1. The molecule has 0 spiro atoms. The second kappa shape index (κ2) is 11.6. The van der Waals surface area contributed by atoms with Crippen molar-refractivity contribution in [3.05, 3.63) is 76.7 Å². The lowest BCUT2D eigenvalue weighted by molar-refractivity contribution is 0.0905. The zero-order valence-corrected chi connectivity index (χ0v) is 25.2. The van der Waals surface area contributed by atoms with Gasteiger partial charge in [-0.15, -0.1) is 10.2 Å². The lowest BCUT2D eigenvalue weighted by atomic mass is 9.93. The molecular formula is C28H34N8O5S. The van der Waals surface area contributed by atoms with Crippen LogP contribution in [0.15, 0.2) is 48.5 Å². The van der Waals surface area contributed by atoms with Gasteiger partial charge in [-0.3, -0.25) is 24.2 Å². The number of carbonyl (C=O) groups excluding carboxylic acids is 3. The molecule has 14 heteroatoms. The maximum Gasteiger partial charge on any atom is 0.316 e. The summed E-state index contributed by atoms with van der Waals surface area (Å²) in [6, 6.07) is 12.5. The highest BCUT2D eigenvalue weighted by atomic mass is 32.2. The van der Waals surface area contributed by atoms with Crippen LogP contribution in [0.5, 0.6) is 5.75 Å². The minimum Gasteiger partial charge on any atom is -0.385 e. The van der Waals surface area contributed by atoms with E-state index in [2.05, 4.69) is 56.7 Å². The van der Waals surface area contributed by atoms with Crippen LogP contribution in [0.2, 0.25) is 0 Å². The molecule has 4 aromatic rings. The Labute approximate surface area is 245 Å². The molecule has 0 aliphatic heterocycles. The lowest BCUT2D eigenvalue weighted by Crippen LogP contribution is -2.42. The van der Waals surface area contributed by atoms with Crippen molar-refractivity contribution in [1.82, 2.24) is 35.8 Å². The normalized spacial score (nSPS) is 12.5. The van der Waals surface area contributed by atoms with Gasteiger partial charge in [0.05, 0.1) is 11.2 Å². The molecule has 0 fully saturated rings. The summed E-state index contributed by atoms with van der Waals surface area (Å²) in [7, 11) is 2.91. The van der Waals surface area contributed by atoms with E-state index in [-0.39, 0.29) is 28.2 Å². The van der Waals surface area contributed by atoms with E-state index in [0.29, 0.717) is 22.7 Å². The Morgan fingerprint density at radius 3 is 2.10 bits per heavy atom. The molecule has 4 rings (SSSR count). The minimum absolute atomic E-state index is 0.0368. The van der Waals surface area contributed by atoms with E-state index in [4.69, 9.17) is 4.18 Å². The van der Waals surface area contributed by atoms with Crippen LogP contribution in [0.1, 0.15) is 77.2 Å². The third kappa shape index (κ3) is 6.60. The van der Waals surface area contributed by atoms with Gasteiger partial charge < -0.3 is 20.1 Å². The lowest BCUT2D eigenvalue weighted by Gasteiger charge is -2.24. The molecule has 0 radical (unpaired) electrons. The molecule has 0 saturated heterocycles. The van der Waals surface area contributed by atoms with Gasteiger partial charge in [0.15, 0.2) is 11.5 Å². The largest absolute Gasteiger partial charge is 0.385 e. The predicted molar refractivity (Wildman–Crippen MR) is 159 cm³/mol. The molecule has 5 N–H and O–H groups in total. The maximum atomic E-state index is 13.3. The monoisotopic (exact) mass is 594 g/mol. The van der Waals surface area contributed by atoms with Gasteiger partial charge in [-0.2, -0.15) is 4.21 Å². The molecule has 1 unspecified atom stereocenters. The van der Waals surface area contributed by atoms with Crippen molar-refractivity contribution in [2.45, 2.75) is 45.6 Å². The molecule has 0 aliphatic carbocycles. The van der Waals surface area contributed by atoms with Crippen molar-refractivity contribution in [1.29, 1.82) is 0 Å². The van der Waals surface area contributed by atoms with Crippen LogP contribution in [0.3, 0.4) is 0 Å². The Kier molecular flexibility index (Phi) is 8.38. The number of aromatic amines is 1. The van der Waals surface area contributed by atoms with E-state index in [1.165, 1.54) is 38.4 Å². The van der Waals surface area contributed by atoms with E-state index in [1.54, 1.807) is 22.7 Å². The van der Waals surface area contributed by atoms with Crippen LogP contribution in [-0.2, 0) is 22.2 Å². The van der Waals surface area contributed by atoms with Gasteiger partial charge in [0.1, 0.15) is 5.75 Å². The molecule has 2 heterocycles. The average Bonchev–Trinajstić information content (AvgIpc) is 3.53. The van der Waals surface area contributed by atoms with Gasteiger partial charge in [0, 0.05) is 48.0 Å². The van der Waals surface area contributed by atoms with E-state index in [1.807, 2.05) is 19.9 Å². The van der Waals surface area contributed by atoms with Crippen LogP contribution in [0.4, 0.5) is 5.69 Å². The second-order valence-electron chi connectivity index (χ2n) is 11.1. The third-order valence-corrected chi connectivity index (χ3v) is 7.12. The van der Waals surface area contributed by atoms with Crippen molar-refractivity contribution >= 4 is 40.3 Å². The van der Waals surface area contributed by atoms with Gasteiger partial charge >= 0.3 is 11.3 Å². The Balaban J connectivity index is 1.49. The first-order valence-electron chi connectivity index (χ1n) is 13.1. The molecule has 0 bridgehead atoms. The van der Waals surface area contributed by atoms with Crippen molar-refractivity contribution in [3.63, 3.8) is 0 Å². The number of benzene rings is 2. The number of amides is 3. The summed E-state index contributed by atoms with van der Waals surface area (Å²) in [5.74, 6) is -0.703. The molecule has 0 saturated carbocycles. The maximum absolute atomic E-state index is 13.3. The van der Waals surface area contributed by atoms with Gasteiger partial charge in [-0.1, -0.05) is 26.8 Å². The number of H-pyrrole nitrogens is 1. The third-order valence-electron chi connectivity index (χ3n) is 6.37. The van der Waals surface area contributed by atoms with Crippen molar-refractivity contribution in [2.24, 2.45) is 0 Å². The number of rotatable bonds is 9. The number of aromatic nitrogens is 4. The molecule has 1 atom stereocenters. The zero-order valence-electron chi connectivity index (χ0n) is 24.4. The molecule has 42 heavy (non-hydrogen) atoms. The van der Waals surface area contributed by atoms with Gasteiger partial charge in [-0.25, -0.2) is 4.52 Å². The van der Waals surface area contributed by atoms with Crippen LogP contribution < -0.4 is 24.9 Å².